The molecule has 7 heteroatoms. The number of anilines is 1. The Morgan fingerprint density at radius 2 is 2.00 bits per heavy atom. The van der Waals surface area contributed by atoms with Crippen LogP contribution >= 0.6 is 0 Å². The first-order valence-electron chi connectivity index (χ1n) is 4.83. The van der Waals surface area contributed by atoms with Crippen molar-refractivity contribution in [3.05, 3.63) is 24.0 Å². The Labute approximate surface area is 96.1 Å². The van der Waals surface area contributed by atoms with Gasteiger partial charge in [0.2, 0.25) is 11.8 Å². The summed E-state index contributed by atoms with van der Waals surface area (Å²) < 4.78 is 0. The number of amides is 2. The van der Waals surface area contributed by atoms with Crippen molar-refractivity contribution in [1.29, 1.82) is 0 Å². The molecule has 0 unspecified atom stereocenters. The van der Waals surface area contributed by atoms with Gasteiger partial charge in [0.05, 0.1) is 30.5 Å². The predicted octanol–water partition coefficient (Wildman–Crippen LogP) is -0.757. The Balaban J connectivity index is 2.36. The second kappa shape index (κ2) is 4.20. The van der Waals surface area contributed by atoms with Crippen molar-refractivity contribution in [2.45, 2.75) is 0 Å². The lowest BCUT2D eigenvalue weighted by Crippen LogP contribution is -2.51. The molecule has 88 valence electrons. The third kappa shape index (κ3) is 2.22. The molecule has 2 N–H and O–H groups in total. The van der Waals surface area contributed by atoms with Crippen LogP contribution in [-0.4, -0.2) is 41.0 Å². The van der Waals surface area contributed by atoms with Crippen molar-refractivity contribution in [1.82, 2.24) is 10.3 Å². The number of hydrogen-bond acceptors (Lipinski definition) is 5. The summed E-state index contributed by atoms with van der Waals surface area (Å²) in [5.74, 6) is -2.04. The van der Waals surface area contributed by atoms with E-state index in [0.717, 1.165) is 0 Å². The second-order valence-corrected chi connectivity index (χ2v) is 3.53. The van der Waals surface area contributed by atoms with Gasteiger partial charge in [0.25, 0.3) is 0 Å². The van der Waals surface area contributed by atoms with Gasteiger partial charge in [0, 0.05) is 6.20 Å². The SMILES string of the molecule is O=C1CN(c2cnccc2C(=O)O)CC(=O)N1. The van der Waals surface area contributed by atoms with Crippen LogP contribution in [0.3, 0.4) is 0 Å². The minimum absolute atomic E-state index is 0.0162. The molecule has 1 aromatic heterocycles. The molecule has 0 aliphatic carbocycles. The highest BCUT2D eigenvalue weighted by molar-refractivity contribution is 6.04. The number of nitrogens with one attached hydrogen (secondary N) is 1. The highest BCUT2D eigenvalue weighted by atomic mass is 16.4. The van der Waals surface area contributed by atoms with E-state index in [1.807, 2.05) is 0 Å². The highest BCUT2D eigenvalue weighted by Crippen LogP contribution is 2.19. The van der Waals surface area contributed by atoms with Gasteiger partial charge >= 0.3 is 5.97 Å². The number of piperazine rings is 1. The summed E-state index contributed by atoms with van der Waals surface area (Å²) in [6.45, 7) is -0.116. The summed E-state index contributed by atoms with van der Waals surface area (Å²) in [6, 6.07) is 1.33. The minimum atomic E-state index is -1.12. The Morgan fingerprint density at radius 3 is 2.59 bits per heavy atom. The monoisotopic (exact) mass is 235 g/mol. The molecule has 1 fully saturated rings. The van der Waals surface area contributed by atoms with Crippen molar-refractivity contribution in [3.8, 4) is 0 Å². The van der Waals surface area contributed by atoms with Gasteiger partial charge < -0.3 is 10.0 Å². The molecule has 2 heterocycles. The fourth-order valence-corrected chi connectivity index (χ4v) is 1.63. The summed E-state index contributed by atoms with van der Waals surface area (Å²) in [5, 5.41) is 11.1. The maximum Gasteiger partial charge on any atom is 0.337 e. The number of aromatic carboxylic acids is 1. The van der Waals surface area contributed by atoms with E-state index in [2.05, 4.69) is 10.3 Å². The average Bonchev–Trinajstić information content (AvgIpc) is 2.27. The van der Waals surface area contributed by atoms with Gasteiger partial charge in [-0.1, -0.05) is 0 Å². The largest absolute Gasteiger partial charge is 0.478 e. The van der Waals surface area contributed by atoms with Crippen LogP contribution in [0.2, 0.25) is 0 Å². The topological polar surface area (TPSA) is 99.6 Å². The van der Waals surface area contributed by atoms with Crippen molar-refractivity contribution in [2.24, 2.45) is 0 Å². The van der Waals surface area contributed by atoms with Crippen LogP contribution in [0.4, 0.5) is 5.69 Å². The third-order valence-corrected chi connectivity index (χ3v) is 2.32. The van der Waals surface area contributed by atoms with Crippen LogP contribution in [0.1, 0.15) is 10.4 Å². The summed E-state index contributed by atoms with van der Waals surface area (Å²) in [7, 11) is 0. The van der Waals surface area contributed by atoms with Crippen LogP contribution in [0.15, 0.2) is 18.5 Å². The zero-order valence-corrected chi connectivity index (χ0v) is 8.71. The molecule has 2 rings (SSSR count). The number of aromatic nitrogens is 1. The van der Waals surface area contributed by atoms with Gasteiger partial charge in [-0.2, -0.15) is 0 Å². The van der Waals surface area contributed by atoms with Crippen LogP contribution in [0.25, 0.3) is 0 Å². The smallest absolute Gasteiger partial charge is 0.337 e. The number of imide groups is 1. The summed E-state index contributed by atoms with van der Waals surface area (Å²) in [4.78, 5) is 38.6. The predicted molar refractivity (Wildman–Crippen MR) is 56.6 cm³/mol. The molecular weight excluding hydrogens is 226 g/mol. The number of pyridine rings is 1. The number of nitrogens with zero attached hydrogens (tertiary/aromatic N) is 2. The molecular formula is C10H9N3O4. The maximum absolute atomic E-state index is 11.2. The minimum Gasteiger partial charge on any atom is -0.478 e. The maximum atomic E-state index is 11.2. The molecule has 2 amide bonds. The highest BCUT2D eigenvalue weighted by Gasteiger charge is 2.25. The summed E-state index contributed by atoms with van der Waals surface area (Å²) >= 11 is 0. The van der Waals surface area contributed by atoms with Crippen LogP contribution in [-0.2, 0) is 9.59 Å². The first kappa shape index (κ1) is 11.1. The molecule has 0 atom stereocenters. The number of rotatable bonds is 2. The number of carboxylic acids is 1. The van der Waals surface area contributed by atoms with Crippen molar-refractivity contribution in [2.75, 3.05) is 18.0 Å². The summed E-state index contributed by atoms with van der Waals surface area (Å²) in [5.41, 5.74) is 0.283. The quantitative estimate of drug-likeness (QED) is 0.654. The van der Waals surface area contributed by atoms with Gasteiger partial charge in [0.1, 0.15) is 0 Å². The van der Waals surface area contributed by atoms with Gasteiger partial charge in [0.15, 0.2) is 0 Å². The van der Waals surface area contributed by atoms with E-state index in [9.17, 15) is 14.4 Å². The van der Waals surface area contributed by atoms with Crippen LogP contribution in [0.5, 0.6) is 0 Å². The van der Waals surface area contributed by atoms with E-state index >= 15 is 0 Å². The molecule has 0 radical (unpaired) electrons. The third-order valence-electron chi connectivity index (χ3n) is 2.32. The van der Waals surface area contributed by atoms with E-state index in [1.54, 1.807) is 0 Å². The second-order valence-electron chi connectivity index (χ2n) is 3.53. The first-order chi connectivity index (χ1) is 8.08. The molecule has 0 bridgehead atoms. The number of hydrogen-bond donors (Lipinski definition) is 2. The Hall–Kier alpha value is -2.44. The van der Waals surface area contributed by atoms with Gasteiger partial charge in [-0.3, -0.25) is 19.9 Å². The van der Waals surface area contributed by atoms with Crippen LogP contribution < -0.4 is 10.2 Å². The number of carbonyl (C=O) groups is 3. The average molecular weight is 235 g/mol. The molecule has 0 aromatic carbocycles. The summed E-state index contributed by atoms with van der Waals surface area (Å²) in [6.07, 6.45) is 2.67. The number of carbonyl (C=O) groups excluding carboxylic acids is 2. The van der Waals surface area contributed by atoms with Gasteiger partial charge in [-0.05, 0) is 6.07 Å². The van der Waals surface area contributed by atoms with Crippen molar-refractivity contribution >= 4 is 23.5 Å². The Bertz CT molecular complexity index is 484. The van der Waals surface area contributed by atoms with Crippen molar-refractivity contribution in [3.63, 3.8) is 0 Å². The fourth-order valence-electron chi connectivity index (χ4n) is 1.63. The lowest BCUT2D eigenvalue weighted by molar-refractivity contribution is -0.130. The zero-order chi connectivity index (χ0) is 12.4. The van der Waals surface area contributed by atoms with E-state index < -0.39 is 17.8 Å². The van der Waals surface area contributed by atoms with E-state index in [-0.39, 0.29) is 24.3 Å². The van der Waals surface area contributed by atoms with Crippen molar-refractivity contribution < 1.29 is 19.5 Å². The van der Waals surface area contributed by atoms with Gasteiger partial charge in [-0.25, -0.2) is 4.79 Å². The standard InChI is InChI=1S/C10H9N3O4/c14-8-4-13(5-9(15)12-8)7-3-11-2-1-6(7)10(16)17/h1-3H,4-5H2,(H,16,17)(H,12,14,15). The Morgan fingerprint density at radius 1 is 1.35 bits per heavy atom. The van der Waals surface area contributed by atoms with Crippen LogP contribution in [0, 0.1) is 0 Å². The number of carboxylic acid groups (broad SMARTS) is 1. The Kier molecular flexibility index (Phi) is 2.73. The molecule has 0 saturated carbocycles. The van der Waals surface area contributed by atoms with Gasteiger partial charge in [-0.15, -0.1) is 0 Å². The molecule has 1 saturated heterocycles. The van der Waals surface area contributed by atoms with E-state index in [4.69, 9.17) is 5.11 Å². The normalized spacial score (nSPS) is 15.6. The van der Waals surface area contributed by atoms with E-state index in [1.165, 1.54) is 23.4 Å². The molecule has 7 nitrogen and oxygen atoms in total. The lowest BCUT2D eigenvalue weighted by atomic mass is 10.2. The molecule has 17 heavy (non-hydrogen) atoms. The molecule has 0 spiro atoms. The molecule has 1 aliphatic heterocycles. The fraction of sp³-hybridized carbons (Fsp3) is 0.200. The molecule has 1 aliphatic rings. The lowest BCUT2D eigenvalue weighted by Gasteiger charge is -2.27. The molecule has 1 aromatic rings. The zero-order valence-electron chi connectivity index (χ0n) is 8.71. The van der Waals surface area contributed by atoms with E-state index in [0.29, 0.717) is 0 Å². The first-order valence-corrected chi connectivity index (χ1v) is 4.83.